The van der Waals surface area contributed by atoms with Gasteiger partial charge in [0.05, 0.1) is 11.0 Å². The monoisotopic (exact) mass is 304 g/mol. The van der Waals surface area contributed by atoms with Gasteiger partial charge in [-0.15, -0.1) is 0 Å². The Balaban J connectivity index is 2.30. The Hall–Kier alpha value is -2.07. The van der Waals surface area contributed by atoms with Gasteiger partial charge in [-0.3, -0.25) is 10.1 Å². The number of hydrogen-bond donors (Lipinski definition) is 1. The van der Waals surface area contributed by atoms with Crippen LogP contribution in [0.4, 0.5) is 11.4 Å². The Morgan fingerprint density at radius 2 is 2.05 bits per heavy atom. The zero-order valence-corrected chi connectivity index (χ0v) is 12.7. The molecule has 21 heavy (non-hydrogen) atoms. The third kappa shape index (κ3) is 3.73. The van der Waals surface area contributed by atoms with E-state index < -0.39 is 0 Å². The van der Waals surface area contributed by atoms with Gasteiger partial charge in [-0.1, -0.05) is 36.7 Å². The van der Waals surface area contributed by atoms with Gasteiger partial charge in [0.1, 0.15) is 0 Å². The minimum Gasteiger partial charge on any atom is -0.378 e. The summed E-state index contributed by atoms with van der Waals surface area (Å²) in [6.45, 7) is 3.99. The molecule has 0 spiro atoms. The molecule has 0 aliphatic rings. The van der Waals surface area contributed by atoms with Gasteiger partial charge in [0.15, 0.2) is 0 Å². The van der Waals surface area contributed by atoms with Crippen molar-refractivity contribution in [1.82, 2.24) is 0 Å². The second kappa shape index (κ2) is 6.59. The number of halogens is 1. The molecule has 2 aromatic carbocycles. The summed E-state index contributed by atoms with van der Waals surface area (Å²) < 4.78 is 0. The van der Waals surface area contributed by atoms with E-state index >= 15 is 0 Å². The smallest absolute Gasteiger partial charge is 0.271 e. The van der Waals surface area contributed by atoms with Crippen LogP contribution in [0.1, 0.15) is 30.5 Å². The normalized spacial score (nSPS) is 12.0. The number of nitrogens with one attached hydrogen (secondary N) is 1. The summed E-state index contributed by atoms with van der Waals surface area (Å²) in [5, 5.41) is 15.0. The number of nitrogens with zero attached hydrogens (tertiary/aromatic N) is 1. The van der Waals surface area contributed by atoms with Crippen LogP contribution in [0.25, 0.3) is 0 Å². The molecule has 110 valence electrons. The minimum absolute atomic E-state index is 0.0596. The maximum Gasteiger partial charge on any atom is 0.271 e. The van der Waals surface area contributed by atoms with Crippen LogP contribution in [0.2, 0.25) is 5.02 Å². The summed E-state index contributed by atoms with van der Waals surface area (Å²) in [5.74, 6) is 0. The Labute approximate surface area is 128 Å². The van der Waals surface area contributed by atoms with Crippen molar-refractivity contribution in [3.05, 3.63) is 68.7 Å². The van der Waals surface area contributed by atoms with Gasteiger partial charge in [0.25, 0.3) is 5.69 Å². The fourth-order valence-corrected chi connectivity index (χ4v) is 2.41. The number of non-ortho nitro benzene ring substituents is 1. The molecular weight excluding hydrogens is 288 g/mol. The Kier molecular flexibility index (Phi) is 4.81. The average molecular weight is 305 g/mol. The molecule has 0 heterocycles. The zero-order chi connectivity index (χ0) is 15.4. The van der Waals surface area contributed by atoms with Crippen LogP contribution in [0.5, 0.6) is 0 Å². The molecule has 0 radical (unpaired) electrons. The van der Waals surface area contributed by atoms with Crippen LogP contribution in [0.3, 0.4) is 0 Å². The second-order valence-electron chi connectivity index (χ2n) is 4.92. The molecule has 0 bridgehead atoms. The highest BCUT2D eigenvalue weighted by Crippen LogP contribution is 2.28. The molecule has 1 N–H and O–H groups in total. The summed E-state index contributed by atoms with van der Waals surface area (Å²) in [4.78, 5) is 10.5. The summed E-state index contributed by atoms with van der Waals surface area (Å²) in [5.41, 5.74) is 2.90. The van der Waals surface area contributed by atoms with Crippen LogP contribution in [0, 0.1) is 17.0 Å². The van der Waals surface area contributed by atoms with E-state index in [-0.39, 0.29) is 16.7 Å². The van der Waals surface area contributed by atoms with Gasteiger partial charge in [0.2, 0.25) is 0 Å². The molecule has 1 atom stereocenters. The SMILES string of the molecule is CCC(Nc1cc([N+](=O)[O-])ccc1C)c1cccc(Cl)c1. The highest BCUT2D eigenvalue weighted by Gasteiger charge is 2.14. The average Bonchev–Trinajstić information content (AvgIpc) is 2.46. The lowest BCUT2D eigenvalue weighted by molar-refractivity contribution is -0.384. The van der Waals surface area contributed by atoms with Gasteiger partial charge in [0, 0.05) is 22.8 Å². The summed E-state index contributed by atoms with van der Waals surface area (Å²) in [6, 6.07) is 12.5. The molecule has 0 aromatic heterocycles. The van der Waals surface area contributed by atoms with Crippen LogP contribution in [-0.4, -0.2) is 4.92 Å². The molecular formula is C16H17ClN2O2. The molecule has 2 aromatic rings. The predicted octanol–water partition coefficient (Wildman–Crippen LogP) is 5.12. The highest BCUT2D eigenvalue weighted by molar-refractivity contribution is 6.30. The second-order valence-corrected chi connectivity index (χ2v) is 5.35. The number of benzene rings is 2. The largest absolute Gasteiger partial charge is 0.378 e. The van der Waals surface area contributed by atoms with E-state index in [9.17, 15) is 10.1 Å². The molecule has 0 amide bonds. The summed E-state index contributed by atoms with van der Waals surface area (Å²) in [6.07, 6.45) is 0.850. The maximum atomic E-state index is 10.9. The van der Waals surface area contributed by atoms with Crippen molar-refractivity contribution in [3.8, 4) is 0 Å². The van der Waals surface area contributed by atoms with E-state index in [2.05, 4.69) is 12.2 Å². The van der Waals surface area contributed by atoms with E-state index in [1.54, 1.807) is 12.1 Å². The lowest BCUT2D eigenvalue weighted by Crippen LogP contribution is -2.10. The first-order valence-corrected chi connectivity index (χ1v) is 7.16. The molecule has 2 rings (SSSR count). The number of rotatable bonds is 5. The lowest BCUT2D eigenvalue weighted by atomic mass is 10.0. The minimum atomic E-state index is -0.384. The molecule has 5 heteroatoms. The quantitative estimate of drug-likeness (QED) is 0.616. The van der Waals surface area contributed by atoms with Crippen LogP contribution >= 0.6 is 11.6 Å². The summed E-state index contributed by atoms with van der Waals surface area (Å²) in [7, 11) is 0. The zero-order valence-electron chi connectivity index (χ0n) is 12.0. The van der Waals surface area contributed by atoms with Crippen molar-refractivity contribution in [3.63, 3.8) is 0 Å². The van der Waals surface area contributed by atoms with E-state index in [0.717, 1.165) is 23.2 Å². The van der Waals surface area contributed by atoms with Crippen molar-refractivity contribution in [1.29, 1.82) is 0 Å². The van der Waals surface area contributed by atoms with Crippen molar-refractivity contribution in [2.45, 2.75) is 26.3 Å². The first-order valence-electron chi connectivity index (χ1n) is 6.78. The topological polar surface area (TPSA) is 55.2 Å². The maximum absolute atomic E-state index is 10.9. The van der Waals surface area contributed by atoms with Crippen LogP contribution in [-0.2, 0) is 0 Å². The first-order chi connectivity index (χ1) is 10.0. The number of anilines is 1. The van der Waals surface area contributed by atoms with Gasteiger partial charge in [-0.2, -0.15) is 0 Å². The van der Waals surface area contributed by atoms with Crippen molar-refractivity contribution >= 4 is 23.0 Å². The standard InChI is InChI=1S/C16H17ClN2O2/c1-3-15(12-5-4-6-13(17)9-12)18-16-10-14(19(20)21)8-7-11(16)2/h4-10,15,18H,3H2,1-2H3. The Morgan fingerprint density at radius 1 is 1.29 bits per heavy atom. The van der Waals surface area contributed by atoms with Gasteiger partial charge in [-0.05, 0) is 36.6 Å². The van der Waals surface area contributed by atoms with E-state index in [1.165, 1.54) is 6.07 Å². The third-order valence-corrected chi connectivity index (χ3v) is 3.66. The molecule has 0 aliphatic carbocycles. The van der Waals surface area contributed by atoms with Crippen molar-refractivity contribution in [2.75, 3.05) is 5.32 Å². The van der Waals surface area contributed by atoms with Gasteiger partial charge < -0.3 is 5.32 Å². The molecule has 0 fully saturated rings. The molecule has 1 unspecified atom stereocenters. The first kappa shape index (κ1) is 15.3. The predicted molar refractivity (Wildman–Crippen MR) is 85.9 cm³/mol. The molecule has 0 saturated heterocycles. The number of nitro groups is 1. The van der Waals surface area contributed by atoms with Crippen molar-refractivity contribution < 1.29 is 4.92 Å². The molecule has 4 nitrogen and oxygen atoms in total. The fraction of sp³-hybridized carbons (Fsp3) is 0.250. The molecule has 0 aliphatic heterocycles. The number of nitro benzene ring substituents is 1. The van der Waals surface area contributed by atoms with E-state index in [0.29, 0.717) is 5.02 Å². The lowest BCUT2D eigenvalue weighted by Gasteiger charge is -2.20. The van der Waals surface area contributed by atoms with E-state index in [4.69, 9.17) is 11.6 Å². The fourth-order valence-electron chi connectivity index (χ4n) is 2.21. The van der Waals surface area contributed by atoms with Crippen LogP contribution < -0.4 is 5.32 Å². The number of aryl methyl sites for hydroxylation is 1. The molecule has 0 saturated carbocycles. The summed E-state index contributed by atoms with van der Waals surface area (Å²) >= 11 is 6.03. The highest BCUT2D eigenvalue weighted by atomic mass is 35.5. The van der Waals surface area contributed by atoms with Crippen LogP contribution in [0.15, 0.2) is 42.5 Å². The number of hydrogen-bond acceptors (Lipinski definition) is 3. The Morgan fingerprint density at radius 3 is 2.67 bits per heavy atom. The third-order valence-electron chi connectivity index (χ3n) is 3.42. The Bertz CT molecular complexity index is 658. The van der Waals surface area contributed by atoms with Gasteiger partial charge in [-0.25, -0.2) is 0 Å². The van der Waals surface area contributed by atoms with E-state index in [1.807, 2.05) is 31.2 Å². The van der Waals surface area contributed by atoms with Gasteiger partial charge >= 0.3 is 0 Å². The van der Waals surface area contributed by atoms with Crippen molar-refractivity contribution in [2.24, 2.45) is 0 Å².